The lowest BCUT2D eigenvalue weighted by Crippen LogP contribution is -2.45. The SMILES string of the molecule is CNC(=O)C1(C)C[C@@H](n2cnc3c(NC)nc(C#Cc4cccs4)nc32)[C@H](O)[C@@H]1O. The molecule has 0 radical (unpaired) electrons. The average molecular weight is 427 g/mol. The summed E-state index contributed by atoms with van der Waals surface area (Å²) in [5, 5.41) is 28.8. The molecule has 0 aliphatic heterocycles. The van der Waals surface area contributed by atoms with Crippen molar-refractivity contribution in [1.29, 1.82) is 0 Å². The van der Waals surface area contributed by atoms with Crippen molar-refractivity contribution in [3.8, 4) is 11.8 Å². The van der Waals surface area contributed by atoms with Crippen molar-refractivity contribution >= 4 is 34.2 Å². The Morgan fingerprint density at radius 3 is 2.80 bits per heavy atom. The third-order valence-electron chi connectivity index (χ3n) is 5.58. The first-order chi connectivity index (χ1) is 14.4. The zero-order chi connectivity index (χ0) is 21.5. The van der Waals surface area contributed by atoms with Crippen LogP contribution in [0.1, 0.15) is 30.1 Å². The van der Waals surface area contributed by atoms with Crippen LogP contribution in [0.5, 0.6) is 0 Å². The predicted molar refractivity (Wildman–Crippen MR) is 113 cm³/mol. The number of anilines is 1. The van der Waals surface area contributed by atoms with Crippen LogP contribution in [0, 0.1) is 17.3 Å². The highest BCUT2D eigenvalue weighted by Crippen LogP contribution is 2.45. The zero-order valence-corrected chi connectivity index (χ0v) is 17.6. The molecule has 0 bridgehead atoms. The number of aromatic nitrogens is 4. The Kier molecular flexibility index (Phi) is 5.19. The minimum absolute atomic E-state index is 0.232. The molecular formula is C20H22N6O3S. The van der Waals surface area contributed by atoms with Gasteiger partial charge in [-0.05, 0) is 36.6 Å². The molecule has 10 heteroatoms. The average Bonchev–Trinajstić information content (AvgIpc) is 3.47. The first kappa shape index (κ1) is 20.3. The summed E-state index contributed by atoms with van der Waals surface area (Å²) in [6.07, 6.45) is -0.593. The summed E-state index contributed by atoms with van der Waals surface area (Å²) >= 11 is 1.52. The van der Waals surface area contributed by atoms with Gasteiger partial charge < -0.3 is 25.4 Å². The number of thiophene rings is 1. The molecule has 1 saturated carbocycles. The van der Waals surface area contributed by atoms with Crippen LogP contribution < -0.4 is 10.6 Å². The number of aliphatic hydroxyl groups is 2. The molecule has 3 aromatic heterocycles. The Labute approximate surface area is 177 Å². The van der Waals surface area contributed by atoms with Crippen molar-refractivity contribution < 1.29 is 15.0 Å². The lowest BCUT2D eigenvalue weighted by Gasteiger charge is -2.26. The number of amides is 1. The van der Waals surface area contributed by atoms with Gasteiger partial charge in [0.05, 0.1) is 28.8 Å². The fourth-order valence-corrected chi connectivity index (χ4v) is 4.47. The first-order valence-electron chi connectivity index (χ1n) is 9.45. The number of nitrogens with one attached hydrogen (secondary N) is 2. The molecule has 0 aromatic carbocycles. The first-order valence-corrected chi connectivity index (χ1v) is 10.3. The van der Waals surface area contributed by atoms with Gasteiger partial charge in [0.15, 0.2) is 17.0 Å². The second-order valence-electron chi connectivity index (χ2n) is 7.40. The Morgan fingerprint density at radius 1 is 1.33 bits per heavy atom. The highest BCUT2D eigenvalue weighted by molar-refractivity contribution is 7.10. The van der Waals surface area contributed by atoms with Gasteiger partial charge in [-0.2, -0.15) is 0 Å². The van der Waals surface area contributed by atoms with Crippen LogP contribution in [0.25, 0.3) is 11.2 Å². The van der Waals surface area contributed by atoms with E-state index in [9.17, 15) is 15.0 Å². The summed E-state index contributed by atoms with van der Waals surface area (Å²) in [6, 6.07) is 3.25. The van der Waals surface area contributed by atoms with Crippen molar-refractivity contribution in [3.63, 3.8) is 0 Å². The van der Waals surface area contributed by atoms with Gasteiger partial charge in [-0.1, -0.05) is 6.07 Å². The second-order valence-corrected chi connectivity index (χ2v) is 8.35. The van der Waals surface area contributed by atoms with E-state index in [4.69, 9.17) is 0 Å². The third-order valence-corrected chi connectivity index (χ3v) is 6.37. The molecule has 1 fully saturated rings. The van der Waals surface area contributed by atoms with E-state index in [1.54, 1.807) is 24.9 Å². The van der Waals surface area contributed by atoms with Crippen molar-refractivity contribution in [2.24, 2.45) is 5.41 Å². The minimum atomic E-state index is -1.22. The van der Waals surface area contributed by atoms with Crippen LogP contribution in [0.2, 0.25) is 0 Å². The number of carbonyl (C=O) groups is 1. The molecule has 4 atom stereocenters. The van der Waals surface area contributed by atoms with Crippen LogP contribution in [-0.2, 0) is 4.79 Å². The van der Waals surface area contributed by atoms with Crippen molar-refractivity contribution in [2.45, 2.75) is 31.6 Å². The topological polar surface area (TPSA) is 125 Å². The van der Waals surface area contributed by atoms with Crippen molar-refractivity contribution in [2.75, 3.05) is 19.4 Å². The van der Waals surface area contributed by atoms with E-state index < -0.39 is 23.7 Å². The summed E-state index contributed by atoms with van der Waals surface area (Å²) in [6.45, 7) is 1.64. The van der Waals surface area contributed by atoms with E-state index in [1.807, 2.05) is 17.5 Å². The number of hydrogen-bond donors (Lipinski definition) is 4. The lowest BCUT2D eigenvalue weighted by molar-refractivity contribution is -0.136. The maximum atomic E-state index is 12.4. The van der Waals surface area contributed by atoms with Crippen LogP contribution in [0.15, 0.2) is 23.8 Å². The monoisotopic (exact) mass is 426 g/mol. The van der Waals surface area contributed by atoms with E-state index in [1.165, 1.54) is 18.4 Å². The van der Waals surface area contributed by atoms with Crippen molar-refractivity contribution in [1.82, 2.24) is 24.8 Å². The smallest absolute Gasteiger partial charge is 0.228 e. The summed E-state index contributed by atoms with van der Waals surface area (Å²) in [5.41, 5.74) is -0.132. The molecule has 1 aliphatic rings. The number of nitrogens with zero attached hydrogens (tertiary/aromatic N) is 4. The standard InChI is InChI=1S/C20H22N6O3S/c1-20(19(29)22-3)9-12(15(27)16(20)28)26-10-23-14-17(21-2)24-13(25-18(14)26)7-6-11-5-4-8-30-11/h4-5,8,10,12,15-16,27-28H,9H2,1-3H3,(H,22,29)(H,21,24,25)/t12-,15+,16+,20?/m1/s1. The largest absolute Gasteiger partial charge is 0.389 e. The van der Waals surface area contributed by atoms with Gasteiger partial charge in [-0.15, -0.1) is 11.3 Å². The molecule has 30 heavy (non-hydrogen) atoms. The number of carbonyl (C=O) groups excluding carboxylic acids is 1. The Bertz CT molecular complexity index is 1150. The molecular weight excluding hydrogens is 404 g/mol. The highest BCUT2D eigenvalue weighted by Gasteiger charge is 2.54. The van der Waals surface area contributed by atoms with Crippen LogP contribution >= 0.6 is 11.3 Å². The van der Waals surface area contributed by atoms with Crippen LogP contribution in [-0.4, -0.2) is 61.9 Å². The van der Waals surface area contributed by atoms with E-state index in [-0.39, 0.29) is 12.3 Å². The van der Waals surface area contributed by atoms with E-state index in [2.05, 4.69) is 37.4 Å². The molecule has 1 amide bonds. The number of imidazole rings is 1. The van der Waals surface area contributed by atoms with Crippen LogP contribution in [0.3, 0.4) is 0 Å². The molecule has 1 aliphatic carbocycles. The summed E-state index contributed by atoms with van der Waals surface area (Å²) in [7, 11) is 3.24. The molecule has 4 N–H and O–H groups in total. The fraction of sp³-hybridized carbons (Fsp3) is 0.400. The summed E-state index contributed by atoms with van der Waals surface area (Å²) < 4.78 is 1.69. The number of hydrogen-bond acceptors (Lipinski definition) is 8. The van der Waals surface area contributed by atoms with E-state index in [0.717, 1.165) is 4.88 Å². The zero-order valence-electron chi connectivity index (χ0n) is 16.7. The van der Waals surface area contributed by atoms with Gasteiger partial charge in [-0.25, -0.2) is 15.0 Å². The predicted octanol–water partition coefficient (Wildman–Crippen LogP) is 0.748. The maximum absolute atomic E-state index is 12.4. The molecule has 9 nitrogen and oxygen atoms in total. The molecule has 156 valence electrons. The minimum Gasteiger partial charge on any atom is -0.389 e. The summed E-state index contributed by atoms with van der Waals surface area (Å²) in [5.74, 6) is 6.49. The normalized spacial score (nSPS) is 25.7. The highest BCUT2D eigenvalue weighted by atomic mass is 32.1. The maximum Gasteiger partial charge on any atom is 0.228 e. The Hall–Kier alpha value is -3.00. The lowest BCUT2D eigenvalue weighted by atomic mass is 9.85. The number of aliphatic hydroxyl groups excluding tert-OH is 2. The van der Waals surface area contributed by atoms with Crippen LogP contribution in [0.4, 0.5) is 5.82 Å². The van der Waals surface area contributed by atoms with Gasteiger partial charge in [0.25, 0.3) is 0 Å². The molecule has 0 saturated heterocycles. The van der Waals surface area contributed by atoms with Gasteiger partial charge in [0.1, 0.15) is 6.10 Å². The van der Waals surface area contributed by atoms with E-state index in [0.29, 0.717) is 22.8 Å². The molecule has 1 unspecified atom stereocenters. The van der Waals surface area contributed by atoms with Crippen molar-refractivity contribution in [3.05, 3.63) is 34.5 Å². The molecule has 4 rings (SSSR count). The molecule has 3 aromatic rings. The fourth-order valence-electron chi connectivity index (χ4n) is 3.90. The number of fused-ring (bicyclic) bond motifs is 1. The quantitative estimate of drug-likeness (QED) is 0.456. The van der Waals surface area contributed by atoms with Gasteiger partial charge in [0, 0.05) is 14.1 Å². The third kappa shape index (κ3) is 3.21. The molecule has 0 spiro atoms. The Balaban J connectivity index is 1.78. The second kappa shape index (κ2) is 7.68. The van der Waals surface area contributed by atoms with Gasteiger partial charge in [0.2, 0.25) is 11.7 Å². The Morgan fingerprint density at radius 2 is 2.13 bits per heavy atom. The number of rotatable bonds is 3. The van der Waals surface area contributed by atoms with Gasteiger partial charge in [-0.3, -0.25) is 4.79 Å². The van der Waals surface area contributed by atoms with E-state index >= 15 is 0 Å². The van der Waals surface area contributed by atoms with Gasteiger partial charge >= 0.3 is 0 Å². The summed E-state index contributed by atoms with van der Waals surface area (Å²) in [4.78, 5) is 26.6. The molecule has 3 heterocycles.